The Morgan fingerprint density at radius 3 is 3.00 bits per heavy atom. The summed E-state index contributed by atoms with van der Waals surface area (Å²) in [7, 11) is 0. The zero-order valence-corrected chi connectivity index (χ0v) is 7.43. The van der Waals surface area contributed by atoms with E-state index in [0.29, 0.717) is 11.4 Å². The monoisotopic (exact) mass is 180 g/mol. The number of nitrogen functional groups attached to an aromatic ring is 1. The van der Waals surface area contributed by atoms with Crippen molar-refractivity contribution in [1.29, 1.82) is 5.26 Å². The van der Waals surface area contributed by atoms with E-state index in [-0.39, 0.29) is 5.82 Å². The molecular formula is C7H8N4S. The molecule has 0 fully saturated rings. The van der Waals surface area contributed by atoms with Crippen molar-refractivity contribution in [3.05, 3.63) is 17.6 Å². The molecule has 5 heteroatoms. The van der Waals surface area contributed by atoms with E-state index in [1.807, 2.05) is 12.3 Å². The van der Waals surface area contributed by atoms with Crippen LogP contribution in [0.25, 0.3) is 0 Å². The predicted molar refractivity (Wildman–Crippen MR) is 48.4 cm³/mol. The molecule has 1 aromatic rings. The first-order chi connectivity index (χ1) is 5.77. The molecule has 2 N–H and O–H groups in total. The number of hydrogen-bond donors (Lipinski definition) is 1. The van der Waals surface area contributed by atoms with Crippen LogP contribution in [0.3, 0.4) is 0 Å². The first kappa shape index (κ1) is 8.81. The van der Waals surface area contributed by atoms with Crippen LogP contribution in [0.5, 0.6) is 0 Å². The van der Waals surface area contributed by atoms with Gasteiger partial charge in [-0.1, -0.05) is 0 Å². The molecule has 0 saturated carbocycles. The fourth-order valence-electron chi connectivity index (χ4n) is 0.718. The maximum absolute atomic E-state index is 8.52. The maximum Gasteiger partial charge on any atom is 0.145 e. The van der Waals surface area contributed by atoms with Crippen LogP contribution in [0.4, 0.5) is 5.82 Å². The predicted octanol–water partition coefficient (Wildman–Crippen LogP) is 0.793. The third kappa shape index (κ3) is 1.86. The van der Waals surface area contributed by atoms with Gasteiger partial charge in [0.15, 0.2) is 0 Å². The van der Waals surface area contributed by atoms with E-state index in [1.165, 1.54) is 6.20 Å². The first-order valence-corrected chi connectivity index (χ1v) is 4.67. The molecule has 0 aliphatic heterocycles. The van der Waals surface area contributed by atoms with Crippen LogP contribution in [-0.2, 0) is 5.75 Å². The molecule has 0 aliphatic rings. The van der Waals surface area contributed by atoms with Gasteiger partial charge in [0.05, 0.1) is 11.9 Å². The minimum Gasteiger partial charge on any atom is -0.382 e. The summed E-state index contributed by atoms with van der Waals surface area (Å²) in [6.45, 7) is 0. The van der Waals surface area contributed by atoms with Crippen LogP contribution in [-0.4, -0.2) is 16.2 Å². The van der Waals surface area contributed by atoms with E-state index in [4.69, 9.17) is 11.0 Å². The Bertz CT molecular complexity index is 318. The molecule has 0 amide bonds. The van der Waals surface area contributed by atoms with Gasteiger partial charge in [-0.2, -0.15) is 17.0 Å². The first-order valence-electron chi connectivity index (χ1n) is 3.28. The summed E-state index contributed by atoms with van der Waals surface area (Å²) in [6.07, 6.45) is 3.41. The molecule has 0 atom stereocenters. The molecule has 1 aromatic heterocycles. The highest BCUT2D eigenvalue weighted by molar-refractivity contribution is 7.97. The third-order valence-corrected chi connectivity index (χ3v) is 1.81. The number of rotatable bonds is 2. The van der Waals surface area contributed by atoms with Gasteiger partial charge in [-0.05, 0) is 6.26 Å². The van der Waals surface area contributed by atoms with Crippen LogP contribution in [0.2, 0.25) is 0 Å². The molecule has 62 valence electrons. The lowest BCUT2D eigenvalue weighted by Crippen LogP contribution is -2.00. The van der Waals surface area contributed by atoms with Crippen LogP contribution >= 0.6 is 11.8 Å². The van der Waals surface area contributed by atoms with E-state index in [0.717, 1.165) is 5.75 Å². The lowest BCUT2D eigenvalue weighted by Gasteiger charge is -1.98. The van der Waals surface area contributed by atoms with E-state index in [1.54, 1.807) is 11.8 Å². The van der Waals surface area contributed by atoms with Crippen molar-refractivity contribution in [3.63, 3.8) is 0 Å². The fourth-order valence-corrected chi connectivity index (χ4v) is 1.12. The zero-order valence-electron chi connectivity index (χ0n) is 6.61. The van der Waals surface area contributed by atoms with Crippen molar-refractivity contribution in [3.8, 4) is 6.07 Å². The number of nitrogens with two attached hydrogens (primary N) is 1. The summed E-state index contributed by atoms with van der Waals surface area (Å²) < 4.78 is 0. The molecule has 0 radical (unpaired) electrons. The van der Waals surface area contributed by atoms with E-state index in [2.05, 4.69) is 9.97 Å². The topological polar surface area (TPSA) is 75.6 Å². The molecule has 12 heavy (non-hydrogen) atoms. The Balaban J connectivity index is 2.96. The van der Waals surface area contributed by atoms with Gasteiger partial charge in [0, 0.05) is 0 Å². The highest BCUT2D eigenvalue weighted by Crippen LogP contribution is 2.08. The summed E-state index contributed by atoms with van der Waals surface area (Å²) >= 11 is 1.61. The van der Waals surface area contributed by atoms with Gasteiger partial charge in [-0.15, -0.1) is 0 Å². The lowest BCUT2D eigenvalue weighted by molar-refractivity contribution is 1.04. The largest absolute Gasteiger partial charge is 0.382 e. The Morgan fingerprint density at radius 2 is 2.50 bits per heavy atom. The van der Waals surface area contributed by atoms with Crippen LogP contribution in [0.15, 0.2) is 6.20 Å². The summed E-state index contributed by atoms with van der Waals surface area (Å²) in [4.78, 5) is 7.92. The van der Waals surface area contributed by atoms with Crippen molar-refractivity contribution >= 4 is 17.6 Å². The van der Waals surface area contributed by atoms with Gasteiger partial charge in [0.25, 0.3) is 0 Å². The van der Waals surface area contributed by atoms with Gasteiger partial charge >= 0.3 is 0 Å². The van der Waals surface area contributed by atoms with Crippen molar-refractivity contribution in [2.75, 3.05) is 12.0 Å². The van der Waals surface area contributed by atoms with Crippen molar-refractivity contribution in [1.82, 2.24) is 9.97 Å². The molecule has 1 heterocycles. The molecule has 0 unspecified atom stereocenters. The molecule has 0 aromatic carbocycles. The van der Waals surface area contributed by atoms with Gasteiger partial charge in [-0.3, -0.25) is 0 Å². The second-order valence-electron chi connectivity index (χ2n) is 2.13. The highest BCUT2D eigenvalue weighted by Gasteiger charge is 2.01. The average Bonchev–Trinajstić information content (AvgIpc) is 2.05. The normalized spacial score (nSPS) is 9.33. The Labute approximate surface area is 74.8 Å². The molecular weight excluding hydrogens is 172 g/mol. The van der Waals surface area contributed by atoms with Crippen molar-refractivity contribution in [2.24, 2.45) is 0 Å². The number of aromatic nitrogens is 2. The maximum atomic E-state index is 8.52. The zero-order chi connectivity index (χ0) is 8.97. The van der Waals surface area contributed by atoms with Gasteiger partial charge in [0.2, 0.25) is 0 Å². The van der Waals surface area contributed by atoms with Gasteiger partial charge in [-0.25, -0.2) is 9.97 Å². The summed E-state index contributed by atoms with van der Waals surface area (Å²) in [5.41, 5.74) is 5.81. The second-order valence-corrected chi connectivity index (χ2v) is 3.00. The summed E-state index contributed by atoms with van der Waals surface area (Å²) in [5.74, 6) is 1.64. The highest BCUT2D eigenvalue weighted by atomic mass is 32.2. The van der Waals surface area contributed by atoms with Crippen LogP contribution < -0.4 is 5.73 Å². The number of nitriles is 1. The number of anilines is 1. The Hall–Kier alpha value is -1.28. The van der Waals surface area contributed by atoms with Crippen LogP contribution in [0, 0.1) is 11.3 Å². The smallest absolute Gasteiger partial charge is 0.145 e. The molecule has 0 saturated heterocycles. The quantitative estimate of drug-likeness (QED) is 0.728. The minimum atomic E-state index is 0.261. The average molecular weight is 180 g/mol. The van der Waals surface area contributed by atoms with E-state index < -0.39 is 0 Å². The van der Waals surface area contributed by atoms with Crippen molar-refractivity contribution < 1.29 is 0 Å². The molecule has 0 bridgehead atoms. The fraction of sp³-hybridized carbons (Fsp3) is 0.286. The molecule has 0 aliphatic carbocycles. The van der Waals surface area contributed by atoms with E-state index >= 15 is 0 Å². The molecule has 1 rings (SSSR count). The number of nitrogens with zero attached hydrogens (tertiary/aromatic N) is 3. The standard InChI is InChI=1S/C7H8N4S/c1-12-4-6-10-3-5(2-8)7(9)11-6/h3H,4H2,1H3,(H2,9,10,11). The van der Waals surface area contributed by atoms with Gasteiger partial charge in [0.1, 0.15) is 23.3 Å². The third-order valence-electron chi connectivity index (χ3n) is 1.26. The second kappa shape index (κ2) is 3.93. The number of thioether (sulfide) groups is 1. The SMILES string of the molecule is CSCc1ncc(C#N)c(N)n1. The number of hydrogen-bond acceptors (Lipinski definition) is 5. The summed E-state index contributed by atoms with van der Waals surface area (Å²) in [6, 6.07) is 1.91. The lowest BCUT2D eigenvalue weighted by atomic mass is 10.3. The van der Waals surface area contributed by atoms with Crippen LogP contribution in [0.1, 0.15) is 11.4 Å². The van der Waals surface area contributed by atoms with Gasteiger partial charge < -0.3 is 5.73 Å². The Morgan fingerprint density at radius 1 is 1.75 bits per heavy atom. The summed E-state index contributed by atoms with van der Waals surface area (Å²) in [5, 5.41) is 8.52. The van der Waals surface area contributed by atoms with Crippen molar-refractivity contribution in [2.45, 2.75) is 5.75 Å². The van der Waals surface area contributed by atoms with E-state index in [9.17, 15) is 0 Å². The molecule has 0 spiro atoms. The Kier molecular flexibility index (Phi) is 2.88. The molecule has 4 nitrogen and oxygen atoms in total. The minimum absolute atomic E-state index is 0.261.